The number of anilines is 1. The van der Waals surface area contributed by atoms with E-state index in [-0.39, 0.29) is 17.9 Å². The number of nitrogens with one attached hydrogen (secondary N) is 2. The maximum absolute atomic E-state index is 11.9. The highest BCUT2D eigenvalue weighted by molar-refractivity contribution is 6.39. The molecular weight excluding hydrogens is 348 g/mol. The van der Waals surface area contributed by atoms with Gasteiger partial charge in [-0.25, -0.2) is 0 Å². The van der Waals surface area contributed by atoms with E-state index in [0.29, 0.717) is 11.4 Å². The van der Waals surface area contributed by atoms with Crippen molar-refractivity contribution in [3.05, 3.63) is 58.6 Å². The summed E-state index contributed by atoms with van der Waals surface area (Å²) in [7, 11) is 0. The van der Waals surface area contributed by atoms with Crippen molar-refractivity contribution in [1.29, 1.82) is 5.26 Å². The zero-order valence-corrected chi connectivity index (χ0v) is 14.8. The minimum Gasteiger partial charge on any atom is -0.460 e. The van der Waals surface area contributed by atoms with Gasteiger partial charge in [0.25, 0.3) is 5.91 Å². The van der Waals surface area contributed by atoms with Crippen molar-refractivity contribution in [2.75, 3.05) is 5.32 Å². The maximum Gasteiger partial charge on any atom is 0.313 e. The smallest absolute Gasteiger partial charge is 0.313 e. The first-order valence-electron chi connectivity index (χ1n) is 7.97. The van der Waals surface area contributed by atoms with Gasteiger partial charge in [-0.05, 0) is 49.2 Å². The molecule has 0 saturated carbocycles. The molecule has 0 spiro atoms. The van der Waals surface area contributed by atoms with E-state index in [9.17, 15) is 14.4 Å². The fourth-order valence-corrected chi connectivity index (χ4v) is 2.12. The second-order valence-electron chi connectivity index (χ2n) is 5.77. The van der Waals surface area contributed by atoms with Crippen LogP contribution in [-0.2, 0) is 20.9 Å². The molecule has 1 aromatic heterocycles. The molecule has 0 bridgehead atoms. The summed E-state index contributed by atoms with van der Waals surface area (Å²) in [5, 5.41) is 13.7. The number of nitrogens with two attached hydrogens (primary N) is 1. The van der Waals surface area contributed by atoms with Crippen LogP contribution in [0.25, 0.3) is 6.08 Å². The van der Waals surface area contributed by atoms with Crippen LogP contribution in [0.3, 0.4) is 0 Å². The van der Waals surface area contributed by atoms with E-state index in [4.69, 9.17) is 15.4 Å². The molecule has 4 N–H and O–H groups in total. The molecule has 0 atom stereocenters. The van der Waals surface area contributed by atoms with Crippen LogP contribution in [-0.4, -0.2) is 17.7 Å². The van der Waals surface area contributed by atoms with Gasteiger partial charge in [-0.3, -0.25) is 14.4 Å². The largest absolute Gasteiger partial charge is 0.460 e. The van der Waals surface area contributed by atoms with Gasteiger partial charge in [0.1, 0.15) is 23.2 Å². The number of carbonyl (C=O) groups excluding carboxylic acids is 3. The van der Waals surface area contributed by atoms with Crippen LogP contribution in [0.15, 0.2) is 40.3 Å². The number of benzene rings is 1. The van der Waals surface area contributed by atoms with E-state index in [1.54, 1.807) is 24.3 Å². The Morgan fingerprint density at radius 2 is 1.89 bits per heavy atom. The summed E-state index contributed by atoms with van der Waals surface area (Å²) < 4.78 is 5.36. The molecular formula is C19H18N4O4. The number of amides is 3. The van der Waals surface area contributed by atoms with Crippen molar-refractivity contribution in [2.24, 2.45) is 5.73 Å². The van der Waals surface area contributed by atoms with Gasteiger partial charge >= 0.3 is 11.8 Å². The van der Waals surface area contributed by atoms with E-state index >= 15 is 0 Å². The zero-order chi connectivity index (χ0) is 20.0. The van der Waals surface area contributed by atoms with E-state index in [2.05, 4.69) is 10.6 Å². The minimum absolute atomic E-state index is 0.0362. The van der Waals surface area contributed by atoms with Gasteiger partial charge < -0.3 is 20.8 Å². The molecule has 1 aromatic carbocycles. The Hall–Kier alpha value is -3.86. The maximum atomic E-state index is 11.9. The summed E-state index contributed by atoms with van der Waals surface area (Å²) in [5.74, 6) is -1.92. The molecule has 0 fully saturated rings. The first kappa shape index (κ1) is 19.5. The molecule has 8 nitrogen and oxygen atoms in total. The van der Waals surface area contributed by atoms with Gasteiger partial charge in [0.05, 0.1) is 6.54 Å². The van der Waals surface area contributed by atoms with Crippen molar-refractivity contribution in [3.63, 3.8) is 0 Å². The normalized spacial score (nSPS) is 10.8. The lowest BCUT2D eigenvalue weighted by molar-refractivity contribution is -0.136. The zero-order valence-electron chi connectivity index (χ0n) is 14.8. The number of carbonyl (C=O) groups is 3. The number of rotatable bonds is 5. The van der Waals surface area contributed by atoms with Gasteiger partial charge in [0.2, 0.25) is 0 Å². The topological polar surface area (TPSA) is 138 Å². The summed E-state index contributed by atoms with van der Waals surface area (Å²) in [5.41, 5.74) is 7.39. The van der Waals surface area contributed by atoms with E-state index in [1.165, 1.54) is 12.1 Å². The third-order valence-corrected chi connectivity index (χ3v) is 3.75. The fourth-order valence-electron chi connectivity index (χ4n) is 2.12. The quantitative estimate of drug-likeness (QED) is 0.418. The standard InChI is InChI=1S/C19H18N4O4/c1-11-3-4-14(7-12(11)2)23-19(26)18(25)22-10-16-6-5-15(27-16)8-13(9-20)17(21)24/h3-8H,10H2,1-2H3,(H2,21,24)(H,22,25)(H,23,26)/b13-8-. The first-order valence-corrected chi connectivity index (χ1v) is 7.97. The van der Waals surface area contributed by atoms with Crippen molar-refractivity contribution in [3.8, 4) is 6.07 Å². The van der Waals surface area contributed by atoms with Gasteiger partial charge in [-0.2, -0.15) is 5.26 Å². The van der Waals surface area contributed by atoms with Crippen LogP contribution in [0, 0.1) is 25.2 Å². The number of furan rings is 1. The highest BCUT2D eigenvalue weighted by atomic mass is 16.3. The average molecular weight is 366 g/mol. The lowest BCUT2D eigenvalue weighted by Crippen LogP contribution is -2.34. The van der Waals surface area contributed by atoms with Crippen LogP contribution < -0.4 is 16.4 Å². The van der Waals surface area contributed by atoms with Crippen molar-refractivity contribution < 1.29 is 18.8 Å². The molecule has 2 aromatic rings. The first-order chi connectivity index (χ1) is 12.8. The van der Waals surface area contributed by atoms with E-state index in [1.807, 2.05) is 19.9 Å². The monoisotopic (exact) mass is 366 g/mol. The summed E-state index contributed by atoms with van der Waals surface area (Å²) in [6.07, 6.45) is 1.19. The molecule has 0 unspecified atom stereocenters. The summed E-state index contributed by atoms with van der Waals surface area (Å²) >= 11 is 0. The molecule has 0 saturated heterocycles. The molecule has 0 aliphatic heterocycles. The number of hydrogen-bond donors (Lipinski definition) is 3. The van der Waals surface area contributed by atoms with Gasteiger partial charge in [0.15, 0.2) is 0 Å². The SMILES string of the molecule is Cc1ccc(NC(=O)C(=O)NCc2ccc(/C=C(/C#N)C(N)=O)o2)cc1C. The Bertz CT molecular complexity index is 966. The van der Waals surface area contributed by atoms with Crippen LogP contribution >= 0.6 is 0 Å². The Labute approximate surface area is 155 Å². The van der Waals surface area contributed by atoms with Gasteiger partial charge in [0, 0.05) is 11.8 Å². The predicted octanol–water partition coefficient (Wildman–Crippen LogP) is 1.54. The Morgan fingerprint density at radius 1 is 1.15 bits per heavy atom. The molecule has 0 aliphatic rings. The molecule has 2 rings (SSSR count). The van der Waals surface area contributed by atoms with Crippen molar-refractivity contribution in [2.45, 2.75) is 20.4 Å². The Balaban J connectivity index is 1.93. The number of nitrogens with zero attached hydrogens (tertiary/aromatic N) is 1. The lowest BCUT2D eigenvalue weighted by Gasteiger charge is -2.07. The molecule has 8 heteroatoms. The molecule has 1 heterocycles. The van der Waals surface area contributed by atoms with Crippen molar-refractivity contribution >= 4 is 29.5 Å². The second-order valence-corrected chi connectivity index (χ2v) is 5.77. The fraction of sp³-hybridized carbons (Fsp3) is 0.158. The summed E-state index contributed by atoms with van der Waals surface area (Å²) in [6.45, 7) is 3.82. The highest BCUT2D eigenvalue weighted by Crippen LogP contribution is 2.14. The number of aryl methyl sites for hydroxylation is 2. The number of primary amides is 1. The molecule has 0 aliphatic carbocycles. The van der Waals surface area contributed by atoms with Crippen molar-refractivity contribution in [1.82, 2.24) is 5.32 Å². The summed E-state index contributed by atoms with van der Waals surface area (Å²) in [4.78, 5) is 34.9. The summed E-state index contributed by atoms with van der Waals surface area (Å²) in [6, 6.07) is 10.1. The number of hydrogen-bond acceptors (Lipinski definition) is 5. The molecule has 27 heavy (non-hydrogen) atoms. The Morgan fingerprint density at radius 3 is 2.52 bits per heavy atom. The second kappa shape index (κ2) is 8.49. The van der Waals surface area contributed by atoms with Gasteiger partial charge in [-0.15, -0.1) is 0 Å². The molecule has 3 amide bonds. The average Bonchev–Trinajstić information content (AvgIpc) is 3.08. The third-order valence-electron chi connectivity index (χ3n) is 3.75. The van der Waals surface area contributed by atoms with Crippen LogP contribution in [0.4, 0.5) is 5.69 Å². The van der Waals surface area contributed by atoms with Crippen LogP contribution in [0.2, 0.25) is 0 Å². The highest BCUT2D eigenvalue weighted by Gasteiger charge is 2.14. The molecule has 138 valence electrons. The van der Waals surface area contributed by atoms with Gasteiger partial charge in [-0.1, -0.05) is 6.07 Å². The van der Waals surface area contributed by atoms with E-state index < -0.39 is 17.7 Å². The minimum atomic E-state index is -0.869. The predicted molar refractivity (Wildman–Crippen MR) is 97.9 cm³/mol. The lowest BCUT2D eigenvalue weighted by atomic mass is 10.1. The van der Waals surface area contributed by atoms with Crippen LogP contribution in [0.5, 0.6) is 0 Å². The molecule has 0 radical (unpaired) electrons. The van der Waals surface area contributed by atoms with Crippen LogP contribution in [0.1, 0.15) is 22.6 Å². The third kappa shape index (κ3) is 5.31. The number of nitriles is 1. The Kier molecular flexibility index (Phi) is 6.12. The van der Waals surface area contributed by atoms with E-state index in [0.717, 1.165) is 11.1 Å².